The molecule has 8 aromatic rings. The van der Waals surface area contributed by atoms with Crippen LogP contribution in [0, 0.1) is 0 Å². The molecule has 6 aromatic carbocycles. The van der Waals surface area contributed by atoms with Crippen LogP contribution in [0.1, 0.15) is 0 Å². The van der Waals surface area contributed by atoms with Crippen LogP contribution in [0.15, 0.2) is 182 Å². The van der Waals surface area contributed by atoms with E-state index in [9.17, 15) is 0 Å². The van der Waals surface area contributed by atoms with E-state index in [-0.39, 0.29) is 0 Å². The first-order valence-electron chi connectivity index (χ1n) is 15.6. The largest absolute Gasteiger partial charge is 0.246 e. The fourth-order valence-corrected chi connectivity index (χ4v) is 6.07. The van der Waals surface area contributed by atoms with Crippen LogP contribution >= 0.6 is 0 Å². The fraction of sp³-hybridized carbons (Fsp3) is 0. The number of hydrogen-bond donors (Lipinski definition) is 0. The number of pyridine rings is 2. The van der Waals surface area contributed by atoms with E-state index in [1.165, 1.54) is 44.5 Å². The van der Waals surface area contributed by atoms with Crippen LogP contribution in [0.3, 0.4) is 0 Å². The second kappa shape index (κ2) is 12.1. The highest BCUT2D eigenvalue weighted by Crippen LogP contribution is 2.35. The predicted molar refractivity (Wildman–Crippen MR) is 192 cm³/mol. The van der Waals surface area contributed by atoms with Crippen LogP contribution < -0.4 is 0 Å². The average molecular weight is 587 g/mol. The number of rotatable bonds is 6. The van der Waals surface area contributed by atoms with E-state index in [0.717, 1.165) is 33.5 Å². The van der Waals surface area contributed by atoms with Crippen molar-refractivity contribution >= 4 is 11.0 Å². The van der Waals surface area contributed by atoms with Crippen LogP contribution in [-0.4, -0.2) is 9.97 Å². The van der Waals surface area contributed by atoms with Gasteiger partial charge >= 0.3 is 0 Å². The maximum atomic E-state index is 5.12. The Hall–Kier alpha value is -6.12. The summed E-state index contributed by atoms with van der Waals surface area (Å²) < 4.78 is 0. The zero-order valence-electron chi connectivity index (χ0n) is 25.2. The first kappa shape index (κ1) is 27.4. The molecule has 0 N–H and O–H groups in total. The predicted octanol–water partition coefficient (Wildman–Crippen LogP) is 11.6. The van der Waals surface area contributed by atoms with Gasteiger partial charge in [-0.05, 0) is 105 Å². The third-order valence-electron chi connectivity index (χ3n) is 8.43. The molecule has 46 heavy (non-hydrogen) atoms. The van der Waals surface area contributed by atoms with E-state index in [2.05, 4.69) is 182 Å². The summed E-state index contributed by atoms with van der Waals surface area (Å²) in [6.07, 6.45) is 0. The van der Waals surface area contributed by atoms with Crippen molar-refractivity contribution in [1.29, 1.82) is 0 Å². The molecule has 216 valence electrons. The molecular weight excluding hydrogens is 556 g/mol. The van der Waals surface area contributed by atoms with Crippen molar-refractivity contribution in [3.05, 3.63) is 182 Å². The lowest BCUT2D eigenvalue weighted by Gasteiger charge is -2.12. The molecular formula is C44H30N2. The highest BCUT2D eigenvalue weighted by atomic mass is 14.8. The molecule has 0 atom stereocenters. The lowest BCUT2D eigenvalue weighted by molar-refractivity contribution is 1.33. The smallest absolute Gasteiger partial charge is 0.0894 e. The molecule has 0 bridgehead atoms. The third-order valence-corrected chi connectivity index (χ3v) is 8.43. The minimum Gasteiger partial charge on any atom is -0.246 e. The van der Waals surface area contributed by atoms with Gasteiger partial charge in [-0.15, -0.1) is 0 Å². The van der Waals surface area contributed by atoms with Gasteiger partial charge < -0.3 is 0 Å². The van der Waals surface area contributed by atoms with Crippen LogP contribution in [0.4, 0.5) is 0 Å². The monoisotopic (exact) mass is 586 g/mol. The molecule has 0 unspecified atom stereocenters. The first-order chi connectivity index (χ1) is 22.8. The number of aromatic nitrogens is 2. The Morgan fingerprint density at radius 2 is 0.478 bits per heavy atom. The number of hydrogen-bond acceptors (Lipinski definition) is 2. The lowest BCUT2D eigenvalue weighted by Crippen LogP contribution is -1.92. The second-order valence-electron chi connectivity index (χ2n) is 11.5. The Balaban J connectivity index is 1.21. The minimum atomic E-state index is 0.870. The van der Waals surface area contributed by atoms with Crippen LogP contribution in [0.25, 0.3) is 78.1 Å². The molecule has 0 saturated heterocycles. The zero-order valence-corrected chi connectivity index (χ0v) is 25.2. The van der Waals surface area contributed by atoms with E-state index in [4.69, 9.17) is 9.97 Å². The van der Waals surface area contributed by atoms with Gasteiger partial charge in [0.15, 0.2) is 0 Å². The number of nitrogens with zero attached hydrogens (tertiary/aromatic N) is 2. The van der Waals surface area contributed by atoms with E-state index in [1.807, 2.05) is 0 Å². The van der Waals surface area contributed by atoms with Crippen molar-refractivity contribution in [2.45, 2.75) is 0 Å². The summed E-state index contributed by atoms with van der Waals surface area (Å²) in [6.45, 7) is 0. The Morgan fingerprint density at radius 3 is 0.761 bits per heavy atom. The van der Waals surface area contributed by atoms with Crippen molar-refractivity contribution in [3.63, 3.8) is 0 Å². The van der Waals surface area contributed by atoms with Crippen molar-refractivity contribution in [2.24, 2.45) is 0 Å². The Labute approximate surface area is 269 Å². The van der Waals surface area contributed by atoms with Crippen molar-refractivity contribution in [2.75, 3.05) is 0 Å². The van der Waals surface area contributed by atoms with Crippen molar-refractivity contribution in [1.82, 2.24) is 9.97 Å². The summed E-state index contributed by atoms with van der Waals surface area (Å²) in [5.74, 6) is 0. The molecule has 0 aliphatic carbocycles. The molecule has 0 amide bonds. The Kier molecular flexibility index (Phi) is 7.22. The SMILES string of the molecule is c1ccc(-c2cc(-c3ccccc3)cc(-c3ccc4nc(-c5cc(-c6ccccc6)cc(-c6ccccc6)c5)ccc4n3)c2)cc1. The zero-order chi connectivity index (χ0) is 30.7. The van der Waals surface area contributed by atoms with Gasteiger partial charge in [-0.25, -0.2) is 9.97 Å². The highest BCUT2D eigenvalue weighted by Gasteiger charge is 2.12. The van der Waals surface area contributed by atoms with E-state index in [0.29, 0.717) is 0 Å². The molecule has 0 saturated carbocycles. The van der Waals surface area contributed by atoms with Gasteiger partial charge in [0.1, 0.15) is 0 Å². The van der Waals surface area contributed by atoms with Gasteiger partial charge in [-0.3, -0.25) is 0 Å². The van der Waals surface area contributed by atoms with Crippen LogP contribution in [0.5, 0.6) is 0 Å². The maximum Gasteiger partial charge on any atom is 0.0894 e. The fourth-order valence-electron chi connectivity index (χ4n) is 6.07. The minimum absolute atomic E-state index is 0.870. The van der Waals surface area contributed by atoms with Crippen LogP contribution in [-0.2, 0) is 0 Å². The molecule has 0 aliphatic rings. The molecule has 0 aliphatic heterocycles. The van der Waals surface area contributed by atoms with E-state index in [1.54, 1.807) is 0 Å². The van der Waals surface area contributed by atoms with E-state index < -0.39 is 0 Å². The third kappa shape index (κ3) is 5.60. The van der Waals surface area contributed by atoms with Gasteiger partial charge in [0.25, 0.3) is 0 Å². The quantitative estimate of drug-likeness (QED) is 0.194. The van der Waals surface area contributed by atoms with Gasteiger partial charge in [0.05, 0.1) is 22.4 Å². The average Bonchev–Trinajstić information content (AvgIpc) is 3.15. The summed E-state index contributed by atoms with van der Waals surface area (Å²) in [6, 6.07) is 64.0. The summed E-state index contributed by atoms with van der Waals surface area (Å²) in [5.41, 5.74) is 15.1. The molecule has 0 fully saturated rings. The first-order valence-corrected chi connectivity index (χ1v) is 15.6. The number of fused-ring (bicyclic) bond motifs is 1. The maximum absolute atomic E-state index is 5.12. The summed E-state index contributed by atoms with van der Waals surface area (Å²) in [7, 11) is 0. The van der Waals surface area contributed by atoms with Gasteiger partial charge in [-0.2, -0.15) is 0 Å². The molecule has 2 aromatic heterocycles. The Morgan fingerprint density at radius 1 is 0.217 bits per heavy atom. The molecule has 2 nitrogen and oxygen atoms in total. The van der Waals surface area contributed by atoms with E-state index >= 15 is 0 Å². The van der Waals surface area contributed by atoms with Gasteiger partial charge in [0, 0.05) is 11.1 Å². The number of benzene rings is 6. The van der Waals surface area contributed by atoms with Gasteiger partial charge in [0.2, 0.25) is 0 Å². The highest BCUT2D eigenvalue weighted by molar-refractivity contribution is 5.86. The van der Waals surface area contributed by atoms with Crippen molar-refractivity contribution in [3.8, 4) is 67.0 Å². The van der Waals surface area contributed by atoms with Crippen LogP contribution in [0.2, 0.25) is 0 Å². The molecule has 0 spiro atoms. The molecule has 0 radical (unpaired) electrons. The second-order valence-corrected chi connectivity index (χ2v) is 11.5. The standard InChI is InChI=1S/C44H30N2/c1-5-13-31(14-6-1)35-25-36(32-15-7-2-8-16-32)28-39(27-35)41-21-23-44-43(45-41)24-22-42(46-44)40-29-37(33-17-9-3-10-18-33)26-38(30-40)34-19-11-4-12-20-34/h1-30H. The normalized spacial score (nSPS) is 11.0. The summed E-state index contributed by atoms with van der Waals surface area (Å²) >= 11 is 0. The molecule has 2 heteroatoms. The van der Waals surface area contributed by atoms with Crippen molar-refractivity contribution < 1.29 is 0 Å². The Bertz CT molecular complexity index is 2000. The lowest BCUT2D eigenvalue weighted by atomic mass is 9.94. The molecule has 8 rings (SSSR count). The van der Waals surface area contributed by atoms with Gasteiger partial charge in [-0.1, -0.05) is 121 Å². The topological polar surface area (TPSA) is 25.8 Å². The summed E-state index contributed by atoms with van der Waals surface area (Å²) in [5, 5.41) is 0. The molecule has 2 heterocycles. The summed E-state index contributed by atoms with van der Waals surface area (Å²) in [4.78, 5) is 10.2.